The molecule has 0 aliphatic rings. The number of aryl methyl sites for hydroxylation is 2. The minimum atomic E-state index is -3.85. The topological polar surface area (TPSA) is 120 Å². The van der Waals surface area contributed by atoms with Gasteiger partial charge in [-0.1, -0.05) is 0 Å². The van der Waals surface area contributed by atoms with Crippen LogP contribution in [-0.2, 0) is 10.0 Å². The van der Waals surface area contributed by atoms with Crippen molar-refractivity contribution in [3.05, 3.63) is 77.8 Å². The maximum absolute atomic E-state index is 12.6. The first-order valence-corrected chi connectivity index (χ1v) is 11.3. The van der Waals surface area contributed by atoms with E-state index >= 15 is 0 Å². The Labute approximate surface area is 192 Å². The van der Waals surface area contributed by atoms with Gasteiger partial charge in [-0.15, -0.1) is 0 Å². The van der Waals surface area contributed by atoms with Crippen molar-refractivity contribution >= 4 is 27.4 Å². The van der Waals surface area contributed by atoms with Gasteiger partial charge in [0, 0.05) is 35.4 Å². The van der Waals surface area contributed by atoms with Gasteiger partial charge in [-0.2, -0.15) is 0 Å². The van der Waals surface area contributed by atoms with Crippen LogP contribution in [0.15, 0.2) is 65.7 Å². The van der Waals surface area contributed by atoms with Crippen molar-refractivity contribution in [3.63, 3.8) is 0 Å². The van der Waals surface area contributed by atoms with E-state index in [2.05, 4.69) is 20.0 Å². The highest BCUT2D eigenvalue weighted by atomic mass is 32.2. The fourth-order valence-corrected chi connectivity index (χ4v) is 3.93. The Morgan fingerprint density at radius 3 is 2.21 bits per heavy atom. The van der Waals surface area contributed by atoms with Crippen LogP contribution in [0, 0.1) is 13.8 Å². The SMILES string of the molecule is COc1ccc(C(=O)C=CNc2ccc(S(=O)(=O)Nc3nc(C)cc(C)n3)cc2)c(OC)c1. The van der Waals surface area contributed by atoms with E-state index in [1.165, 1.54) is 38.6 Å². The lowest BCUT2D eigenvalue weighted by molar-refractivity contribution is 0.104. The largest absolute Gasteiger partial charge is 0.497 e. The van der Waals surface area contributed by atoms with Crippen LogP contribution in [0.25, 0.3) is 0 Å². The molecular weight excluding hydrogens is 444 g/mol. The quantitative estimate of drug-likeness (QED) is 0.360. The second-order valence-electron chi connectivity index (χ2n) is 7.01. The summed E-state index contributed by atoms with van der Waals surface area (Å²) in [7, 11) is -0.838. The third-order valence-corrected chi connectivity index (χ3v) is 5.88. The lowest BCUT2D eigenvalue weighted by atomic mass is 10.1. The van der Waals surface area contributed by atoms with Crippen LogP contribution in [0.5, 0.6) is 11.5 Å². The summed E-state index contributed by atoms with van der Waals surface area (Å²) in [5, 5.41) is 2.94. The van der Waals surface area contributed by atoms with Gasteiger partial charge < -0.3 is 14.8 Å². The summed E-state index contributed by atoms with van der Waals surface area (Å²) >= 11 is 0. The average Bonchev–Trinajstić information content (AvgIpc) is 2.77. The van der Waals surface area contributed by atoms with Crippen LogP contribution in [0.1, 0.15) is 21.7 Å². The number of ether oxygens (including phenoxy) is 2. The zero-order valence-electron chi connectivity index (χ0n) is 18.6. The number of carbonyl (C=O) groups is 1. The van der Waals surface area contributed by atoms with Crippen LogP contribution in [0.2, 0.25) is 0 Å². The number of rotatable bonds is 9. The van der Waals surface area contributed by atoms with E-state index in [-0.39, 0.29) is 16.6 Å². The molecule has 10 heteroatoms. The number of hydrogen-bond donors (Lipinski definition) is 2. The van der Waals surface area contributed by atoms with Gasteiger partial charge in [0.05, 0.1) is 24.7 Å². The maximum Gasteiger partial charge on any atom is 0.264 e. The summed E-state index contributed by atoms with van der Waals surface area (Å²) in [6.45, 7) is 3.52. The summed E-state index contributed by atoms with van der Waals surface area (Å²) < 4.78 is 38.0. The Morgan fingerprint density at radius 2 is 1.61 bits per heavy atom. The molecule has 2 aromatic carbocycles. The number of allylic oxidation sites excluding steroid dienone is 1. The minimum absolute atomic E-state index is 0.0186. The number of carbonyl (C=O) groups excluding carboxylic acids is 1. The molecule has 0 aliphatic carbocycles. The van der Waals surface area contributed by atoms with Gasteiger partial charge in [-0.05, 0) is 56.3 Å². The summed E-state index contributed by atoms with van der Waals surface area (Å²) in [6, 6.07) is 12.7. The highest BCUT2D eigenvalue weighted by Gasteiger charge is 2.16. The number of methoxy groups -OCH3 is 2. The Morgan fingerprint density at radius 1 is 0.939 bits per heavy atom. The minimum Gasteiger partial charge on any atom is -0.497 e. The van der Waals surface area contributed by atoms with Crippen molar-refractivity contribution in [2.24, 2.45) is 0 Å². The fraction of sp³-hybridized carbons (Fsp3) is 0.174. The molecule has 2 N–H and O–H groups in total. The smallest absolute Gasteiger partial charge is 0.264 e. The lowest BCUT2D eigenvalue weighted by Gasteiger charge is -2.09. The van der Waals surface area contributed by atoms with Crippen LogP contribution in [0.4, 0.5) is 11.6 Å². The second-order valence-corrected chi connectivity index (χ2v) is 8.69. The molecule has 1 aromatic heterocycles. The van der Waals surface area contributed by atoms with E-state index in [1.54, 1.807) is 50.2 Å². The van der Waals surface area contributed by atoms with Crippen LogP contribution >= 0.6 is 0 Å². The van der Waals surface area contributed by atoms with E-state index in [0.29, 0.717) is 34.1 Å². The highest BCUT2D eigenvalue weighted by molar-refractivity contribution is 7.92. The number of hydrogen-bond acceptors (Lipinski definition) is 8. The molecule has 9 nitrogen and oxygen atoms in total. The van der Waals surface area contributed by atoms with E-state index in [1.807, 2.05) is 0 Å². The summed E-state index contributed by atoms with van der Waals surface area (Å²) in [4.78, 5) is 20.7. The first-order chi connectivity index (χ1) is 15.7. The van der Waals surface area contributed by atoms with Crippen molar-refractivity contribution in [3.8, 4) is 11.5 Å². The molecule has 1 heterocycles. The van der Waals surface area contributed by atoms with Crippen LogP contribution in [-0.4, -0.2) is 38.4 Å². The van der Waals surface area contributed by atoms with Crippen LogP contribution < -0.4 is 19.5 Å². The predicted octanol–water partition coefficient (Wildman–Crippen LogP) is 3.72. The number of sulfonamides is 1. The Kier molecular flexibility index (Phi) is 7.29. The zero-order chi connectivity index (χ0) is 24.0. The zero-order valence-corrected chi connectivity index (χ0v) is 19.4. The van der Waals surface area contributed by atoms with Gasteiger partial charge in [0.2, 0.25) is 5.95 Å². The van der Waals surface area contributed by atoms with Crippen molar-refractivity contribution in [1.29, 1.82) is 0 Å². The van der Waals surface area contributed by atoms with E-state index < -0.39 is 10.0 Å². The first-order valence-electron chi connectivity index (χ1n) is 9.86. The number of ketones is 1. The molecule has 0 saturated heterocycles. The molecule has 0 amide bonds. The highest BCUT2D eigenvalue weighted by Crippen LogP contribution is 2.25. The molecule has 3 rings (SSSR count). The summed E-state index contributed by atoms with van der Waals surface area (Å²) in [6.07, 6.45) is 2.82. The van der Waals surface area contributed by atoms with Crippen molar-refractivity contribution in [2.75, 3.05) is 24.3 Å². The average molecular weight is 469 g/mol. The monoisotopic (exact) mass is 468 g/mol. The maximum atomic E-state index is 12.6. The molecule has 0 atom stereocenters. The number of anilines is 2. The van der Waals surface area contributed by atoms with Gasteiger partial charge in [-0.25, -0.2) is 23.1 Å². The van der Waals surface area contributed by atoms with Crippen molar-refractivity contribution < 1.29 is 22.7 Å². The molecule has 0 spiro atoms. The second kappa shape index (κ2) is 10.1. The Bertz CT molecular complexity index is 1270. The van der Waals surface area contributed by atoms with Gasteiger partial charge in [0.25, 0.3) is 10.0 Å². The van der Waals surface area contributed by atoms with Crippen molar-refractivity contribution in [2.45, 2.75) is 18.7 Å². The summed E-state index contributed by atoms with van der Waals surface area (Å²) in [5.41, 5.74) is 2.31. The number of nitrogens with one attached hydrogen (secondary N) is 2. The lowest BCUT2D eigenvalue weighted by Crippen LogP contribution is -2.15. The Hall–Kier alpha value is -3.92. The molecule has 172 valence electrons. The fourth-order valence-electron chi connectivity index (χ4n) is 2.99. The molecule has 0 unspecified atom stereocenters. The third-order valence-electron chi connectivity index (χ3n) is 4.53. The molecule has 0 aliphatic heterocycles. The molecule has 0 saturated carbocycles. The third kappa shape index (κ3) is 6.07. The van der Waals surface area contributed by atoms with Gasteiger partial charge in [0.15, 0.2) is 5.78 Å². The number of benzene rings is 2. The van der Waals surface area contributed by atoms with Gasteiger partial charge in [0.1, 0.15) is 11.5 Å². The normalized spacial score (nSPS) is 11.3. The van der Waals surface area contributed by atoms with Gasteiger partial charge in [-0.3, -0.25) is 4.79 Å². The molecule has 0 fully saturated rings. The van der Waals surface area contributed by atoms with Gasteiger partial charge >= 0.3 is 0 Å². The Balaban J connectivity index is 1.67. The predicted molar refractivity (Wildman–Crippen MR) is 125 cm³/mol. The molecule has 0 radical (unpaired) electrons. The number of nitrogens with zero attached hydrogens (tertiary/aromatic N) is 2. The molecule has 3 aromatic rings. The molecule has 33 heavy (non-hydrogen) atoms. The summed E-state index contributed by atoms with van der Waals surface area (Å²) in [5.74, 6) is 0.738. The number of aromatic nitrogens is 2. The van der Waals surface area contributed by atoms with Crippen LogP contribution in [0.3, 0.4) is 0 Å². The standard InChI is InChI=1S/C23H24N4O5S/c1-15-13-16(2)26-23(25-15)27-33(29,30)19-8-5-17(6-9-19)24-12-11-21(28)20-10-7-18(31-3)14-22(20)32-4/h5-14,24H,1-4H3,(H,25,26,27). The van der Waals surface area contributed by atoms with E-state index in [0.717, 1.165) is 0 Å². The molecule has 0 bridgehead atoms. The van der Waals surface area contributed by atoms with Crippen molar-refractivity contribution in [1.82, 2.24) is 9.97 Å². The van der Waals surface area contributed by atoms with E-state index in [4.69, 9.17) is 9.47 Å². The van der Waals surface area contributed by atoms with E-state index in [9.17, 15) is 13.2 Å². The first kappa shape index (κ1) is 23.7. The molecular formula is C23H24N4O5S.